The number of rotatable bonds is 2. The monoisotopic (exact) mass is 332 g/mol. The van der Waals surface area contributed by atoms with Crippen LogP contribution >= 0.6 is 23.8 Å². The standard InChI is InChI=1S/C3H6OS2.Bi.2H/c4-6-3-1-5-2-3;;;/h3-4H,1-2H2;;;/q;+1;;/p-1. The van der Waals surface area contributed by atoms with E-state index in [0.29, 0.717) is 25.2 Å². The first-order chi connectivity index (χ1) is 3.43. The molecule has 4 heteroatoms. The van der Waals surface area contributed by atoms with Crippen LogP contribution in [0.15, 0.2) is 0 Å². The molecule has 1 fully saturated rings. The molecule has 1 aliphatic rings. The van der Waals surface area contributed by atoms with Gasteiger partial charge >= 0.3 is 68.0 Å². The Balaban J connectivity index is 1.93. The van der Waals surface area contributed by atoms with Crippen molar-refractivity contribution in [3.05, 3.63) is 0 Å². The van der Waals surface area contributed by atoms with Crippen LogP contribution in [0.5, 0.6) is 0 Å². The summed E-state index contributed by atoms with van der Waals surface area (Å²) in [5, 5.41) is 0.829. The van der Waals surface area contributed by atoms with E-state index >= 15 is 0 Å². The van der Waals surface area contributed by atoms with Gasteiger partial charge in [0.15, 0.2) is 0 Å². The van der Waals surface area contributed by atoms with E-state index in [2.05, 4.69) is 0 Å². The van der Waals surface area contributed by atoms with Crippen LogP contribution < -0.4 is 0 Å². The van der Waals surface area contributed by atoms with Gasteiger partial charge in [-0.2, -0.15) is 0 Å². The summed E-state index contributed by atoms with van der Waals surface area (Å²) in [7, 11) is 0. The molecule has 1 aliphatic heterocycles. The molecule has 0 aromatic rings. The number of thioether (sulfide) groups is 1. The van der Waals surface area contributed by atoms with E-state index in [1.54, 1.807) is 12.0 Å². The van der Waals surface area contributed by atoms with Crippen LogP contribution in [0.4, 0.5) is 0 Å². The van der Waals surface area contributed by atoms with Crippen molar-refractivity contribution in [3.8, 4) is 0 Å². The van der Waals surface area contributed by atoms with Crippen molar-refractivity contribution in [1.29, 1.82) is 0 Å². The Morgan fingerprint density at radius 3 is 2.57 bits per heavy atom. The molecule has 1 saturated heterocycles. The molecule has 42 valence electrons. The van der Waals surface area contributed by atoms with Crippen LogP contribution in [0.1, 0.15) is 0 Å². The summed E-state index contributed by atoms with van der Waals surface area (Å²) in [6.45, 7) is 0. The van der Waals surface area contributed by atoms with Crippen LogP contribution in [0.25, 0.3) is 0 Å². The predicted molar refractivity (Wildman–Crippen MR) is 38.3 cm³/mol. The summed E-state index contributed by atoms with van der Waals surface area (Å²) < 4.78 is 5.02. The zero-order valence-electron chi connectivity index (χ0n) is 3.79. The van der Waals surface area contributed by atoms with Crippen molar-refractivity contribution < 1.29 is 2.26 Å². The van der Waals surface area contributed by atoms with Crippen molar-refractivity contribution in [1.82, 2.24) is 0 Å². The van der Waals surface area contributed by atoms with E-state index in [-0.39, 0.29) is 0 Å². The zero-order chi connectivity index (χ0) is 5.11. The molecule has 1 nitrogen and oxygen atoms in total. The van der Waals surface area contributed by atoms with Crippen LogP contribution in [-0.2, 0) is 2.26 Å². The second-order valence-electron chi connectivity index (χ2n) is 1.35. The van der Waals surface area contributed by atoms with Gasteiger partial charge in [0.2, 0.25) is 0 Å². The van der Waals surface area contributed by atoms with Gasteiger partial charge in [0.05, 0.1) is 0 Å². The third kappa shape index (κ3) is 2.09. The average molecular weight is 332 g/mol. The van der Waals surface area contributed by atoms with Crippen LogP contribution in [0.2, 0.25) is 0 Å². The zero-order valence-corrected chi connectivity index (χ0v) is 9.92. The minimum absolute atomic E-state index is 0.709. The molecule has 0 aromatic heterocycles. The molecule has 0 spiro atoms. The van der Waals surface area contributed by atoms with E-state index in [1.165, 1.54) is 11.5 Å². The fourth-order valence-electron chi connectivity index (χ4n) is 0.348. The van der Waals surface area contributed by atoms with Crippen molar-refractivity contribution in [3.63, 3.8) is 0 Å². The van der Waals surface area contributed by atoms with E-state index in [4.69, 9.17) is 2.26 Å². The van der Waals surface area contributed by atoms with E-state index in [1.807, 2.05) is 11.8 Å². The topological polar surface area (TPSA) is 9.23 Å². The summed E-state index contributed by atoms with van der Waals surface area (Å²) in [5.74, 6) is 2.61. The van der Waals surface area contributed by atoms with Gasteiger partial charge < -0.3 is 0 Å². The molecule has 0 atom stereocenters. The van der Waals surface area contributed by atoms with Gasteiger partial charge in [0, 0.05) is 0 Å². The SMILES string of the molecule is [BiH2][O]SC1CSC1. The second-order valence-corrected chi connectivity index (χ2v) is 5.72. The Hall–Kier alpha value is 1.54. The molecule has 0 N–H and O–H groups in total. The molecular weight excluding hydrogens is 325 g/mol. The molecule has 1 rings (SSSR count). The maximum atomic E-state index is 5.02. The van der Waals surface area contributed by atoms with Crippen molar-refractivity contribution >= 4 is 49.0 Å². The Labute approximate surface area is 67.6 Å². The Kier molecular flexibility index (Phi) is 3.37. The first-order valence-corrected chi connectivity index (χ1v) is 5.82. The molecule has 1 heterocycles. The molecule has 7 heavy (non-hydrogen) atoms. The fourth-order valence-corrected chi connectivity index (χ4v) is 3.79. The second kappa shape index (κ2) is 3.55. The molecule has 0 radical (unpaired) electrons. The van der Waals surface area contributed by atoms with Crippen LogP contribution in [0.3, 0.4) is 0 Å². The summed E-state index contributed by atoms with van der Waals surface area (Å²) in [5.41, 5.74) is 0. The van der Waals surface area contributed by atoms with Gasteiger partial charge in [-0.05, 0) is 0 Å². The molecule has 0 saturated carbocycles. The third-order valence-corrected chi connectivity index (χ3v) is 4.51. The maximum absolute atomic E-state index is 5.02. The average Bonchev–Trinajstić information content (AvgIpc) is 1.55. The fraction of sp³-hybridized carbons (Fsp3) is 1.00. The Morgan fingerprint density at radius 2 is 2.43 bits per heavy atom. The first-order valence-electron chi connectivity index (χ1n) is 2.03. The van der Waals surface area contributed by atoms with Crippen molar-refractivity contribution in [2.24, 2.45) is 0 Å². The number of hydrogen-bond donors (Lipinski definition) is 0. The number of hydrogen-bond acceptors (Lipinski definition) is 3. The van der Waals surface area contributed by atoms with E-state index in [9.17, 15) is 0 Å². The van der Waals surface area contributed by atoms with Crippen molar-refractivity contribution in [2.45, 2.75) is 5.25 Å². The minimum atomic E-state index is 0.709. The van der Waals surface area contributed by atoms with Gasteiger partial charge in [-0.3, -0.25) is 0 Å². The molecule has 0 amide bonds. The molecule has 0 bridgehead atoms. The summed E-state index contributed by atoms with van der Waals surface area (Å²) >= 11 is 4.38. The van der Waals surface area contributed by atoms with Gasteiger partial charge in [-0.1, -0.05) is 0 Å². The van der Waals surface area contributed by atoms with Gasteiger partial charge in [-0.25, -0.2) is 0 Å². The van der Waals surface area contributed by atoms with Crippen LogP contribution in [-0.4, -0.2) is 41.9 Å². The van der Waals surface area contributed by atoms with Gasteiger partial charge in [0.1, 0.15) is 0 Å². The summed E-state index contributed by atoms with van der Waals surface area (Å²) in [6.07, 6.45) is 0. The van der Waals surface area contributed by atoms with Gasteiger partial charge in [-0.15, -0.1) is 0 Å². The first kappa shape index (κ1) is 6.66. The van der Waals surface area contributed by atoms with Gasteiger partial charge in [0.25, 0.3) is 0 Å². The molecule has 0 unspecified atom stereocenters. The van der Waals surface area contributed by atoms with Crippen molar-refractivity contribution in [2.75, 3.05) is 11.5 Å². The van der Waals surface area contributed by atoms with E-state index in [0.717, 1.165) is 5.25 Å². The van der Waals surface area contributed by atoms with E-state index < -0.39 is 0 Å². The molecule has 0 aliphatic carbocycles. The predicted octanol–water partition coefficient (Wildman–Crippen LogP) is 0.315. The Bertz CT molecular complexity index is 56.9. The normalized spacial score (nSPS) is 21.9. The summed E-state index contributed by atoms with van der Waals surface area (Å²) in [6, 6.07) is 0. The quantitative estimate of drug-likeness (QED) is 0.532. The third-order valence-electron chi connectivity index (χ3n) is 0.799. The molecular formula is C3H7BiOS2. The molecule has 0 aromatic carbocycles. The Morgan fingerprint density at radius 1 is 1.71 bits per heavy atom. The van der Waals surface area contributed by atoms with Crippen LogP contribution in [0, 0.1) is 0 Å². The summed E-state index contributed by atoms with van der Waals surface area (Å²) in [4.78, 5) is 0.